The summed E-state index contributed by atoms with van der Waals surface area (Å²) in [6.45, 7) is 3.53. The van der Waals surface area contributed by atoms with E-state index in [1.165, 1.54) is 4.88 Å². The van der Waals surface area contributed by atoms with Crippen molar-refractivity contribution in [1.82, 2.24) is 10.3 Å². The SMILES string of the molecule is COc1cc(CNCc2cnc(C)s2)ccc1C#N. The van der Waals surface area contributed by atoms with Crippen LogP contribution in [-0.4, -0.2) is 12.1 Å². The largest absolute Gasteiger partial charge is 0.495 e. The number of thiazole rings is 1. The summed E-state index contributed by atoms with van der Waals surface area (Å²) in [7, 11) is 1.58. The molecule has 98 valence electrons. The van der Waals surface area contributed by atoms with Crippen LogP contribution in [0.3, 0.4) is 0 Å². The smallest absolute Gasteiger partial charge is 0.136 e. The van der Waals surface area contributed by atoms with Gasteiger partial charge in [-0.15, -0.1) is 11.3 Å². The summed E-state index contributed by atoms with van der Waals surface area (Å²) in [5.41, 5.74) is 1.65. The molecule has 19 heavy (non-hydrogen) atoms. The molecule has 0 spiro atoms. The fourth-order valence-corrected chi connectivity index (χ4v) is 2.52. The lowest BCUT2D eigenvalue weighted by Gasteiger charge is -2.07. The number of nitriles is 1. The third-order valence-electron chi connectivity index (χ3n) is 2.68. The summed E-state index contributed by atoms with van der Waals surface area (Å²) in [6.07, 6.45) is 1.90. The molecule has 0 aliphatic carbocycles. The van der Waals surface area contributed by atoms with E-state index in [9.17, 15) is 0 Å². The molecular formula is C14H15N3OS. The zero-order chi connectivity index (χ0) is 13.7. The van der Waals surface area contributed by atoms with E-state index in [4.69, 9.17) is 10.00 Å². The highest BCUT2D eigenvalue weighted by Crippen LogP contribution is 2.19. The first-order valence-corrected chi connectivity index (χ1v) is 6.73. The van der Waals surface area contributed by atoms with E-state index in [1.807, 2.05) is 25.3 Å². The van der Waals surface area contributed by atoms with Gasteiger partial charge in [-0.05, 0) is 24.6 Å². The van der Waals surface area contributed by atoms with Crippen molar-refractivity contribution in [2.45, 2.75) is 20.0 Å². The van der Waals surface area contributed by atoms with Gasteiger partial charge in [-0.25, -0.2) is 4.98 Å². The van der Waals surface area contributed by atoms with Gasteiger partial charge in [-0.2, -0.15) is 5.26 Å². The minimum atomic E-state index is 0.560. The Morgan fingerprint density at radius 1 is 1.42 bits per heavy atom. The molecule has 2 aromatic rings. The zero-order valence-corrected chi connectivity index (χ0v) is 11.8. The van der Waals surface area contributed by atoms with Crippen molar-refractivity contribution in [3.05, 3.63) is 45.4 Å². The summed E-state index contributed by atoms with van der Waals surface area (Å²) in [5, 5.41) is 13.3. The molecule has 0 amide bonds. The average molecular weight is 273 g/mol. The van der Waals surface area contributed by atoms with Crippen LogP contribution in [0.4, 0.5) is 0 Å². The van der Waals surface area contributed by atoms with E-state index < -0.39 is 0 Å². The van der Waals surface area contributed by atoms with E-state index in [0.29, 0.717) is 11.3 Å². The molecule has 0 saturated heterocycles. The predicted molar refractivity (Wildman–Crippen MR) is 75.1 cm³/mol. The van der Waals surface area contributed by atoms with E-state index >= 15 is 0 Å². The van der Waals surface area contributed by atoms with Crippen molar-refractivity contribution in [3.63, 3.8) is 0 Å². The number of aromatic nitrogens is 1. The number of methoxy groups -OCH3 is 1. The summed E-state index contributed by atoms with van der Waals surface area (Å²) in [5.74, 6) is 0.621. The highest BCUT2D eigenvalue weighted by Gasteiger charge is 2.04. The molecule has 0 bridgehead atoms. The van der Waals surface area contributed by atoms with Gasteiger partial charge < -0.3 is 10.1 Å². The van der Waals surface area contributed by atoms with Crippen LogP contribution in [0.25, 0.3) is 0 Å². The second-order valence-corrected chi connectivity index (χ2v) is 5.41. The van der Waals surface area contributed by atoms with Gasteiger partial charge >= 0.3 is 0 Å². The van der Waals surface area contributed by atoms with Gasteiger partial charge in [0.2, 0.25) is 0 Å². The van der Waals surface area contributed by atoms with Crippen LogP contribution < -0.4 is 10.1 Å². The number of benzene rings is 1. The maximum Gasteiger partial charge on any atom is 0.136 e. The quantitative estimate of drug-likeness (QED) is 0.909. The van der Waals surface area contributed by atoms with Crippen LogP contribution in [-0.2, 0) is 13.1 Å². The molecule has 0 unspecified atom stereocenters. The molecule has 1 aromatic carbocycles. The molecule has 0 aliphatic rings. The van der Waals surface area contributed by atoms with E-state index in [0.717, 1.165) is 23.7 Å². The molecule has 0 radical (unpaired) electrons. The Bertz CT molecular complexity index is 601. The Kier molecular flexibility index (Phi) is 4.50. The lowest BCUT2D eigenvalue weighted by atomic mass is 10.1. The Hall–Kier alpha value is -1.90. The number of aryl methyl sites for hydroxylation is 1. The van der Waals surface area contributed by atoms with Gasteiger partial charge in [0.1, 0.15) is 11.8 Å². The monoisotopic (exact) mass is 273 g/mol. The Morgan fingerprint density at radius 3 is 2.89 bits per heavy atom. The lowest BCUT2D eigenvalue weighted by molar-refractivity contribution is 0.412. The second-order valence-electron chi connectivity index (χ2n) is 4.10. The summed E-state index contributed by atoms with van der Waals surface area (Å²) >= 11 is 1.70. The standard InChI is InChI=1S/C14H15N3OS/c1-10-17-9-13(19-10)8-16-7-11-3-4-12(6-15)14(5-11)18-2/h3-5,9,16H,7-8H2,1-2H3. The average Bonchev–Trinajstić information content (AvgIpc) is 2.84. The van der Waals surface area contributed by atoms with Gasteiger partial charge in [0.25, 0.3) is 0 Å². The first kappa shape index (κ1) is 13.5. The molecule has 0 atom stereocenters. The Morgan fingerprint density at radius 2 is 2.26 bits per heavy atom. The van der Waals surface area contributed by atoms with Gasteiger partial charge in [-0.3, -0.25) is 0 Å². The fraction of sp³-hybridized carbons (Fsp3) is 0.286. The van der Waals surface area contributed by atoms with Crippen molar-refractivity contribution in [2.75, 3.05) is 7.11 Å². The number of nitrogens with one attached hydrogen (secondary N) is 1. The number of nitrogens with zero attached hydrogens (tertiary/aromatic N) is 2. The van der Waals surface area contributed by atoms with Crippen LogP contribution in [0.1, 0.15) is 21.0 Å². The number of hydrogen-bond donors (Lipinski definition) is 1. The summed E-state index contributed by atoms with van der Waals surface area (Å²) < 4.78 is 5.19. The van der Waals surface area contributed by atoms with Crippen LogP contribution in [0, 0.1) is 18.3 Å². The summed E-state index contributed by atoms with van der Waals surface area (Å²) in [6, 6.07) is 7.72. The maximum absolute atomic E-state index is 8.92. The van der Waals surface area contributed by atoms with Crippen molar-refractivity contribution in [3.8, 4) is 11.8 Å². The third-order valence-corrected chi connectivity index (χ3v) is 3.60. The highest BCUT2D eigenvalue weighted by atomic mass is 32.1. The molecule has 0 saturated carbocycles. The van der Waals surface area contributed by atoms with E-state index in [-0.39, 0.29) is 0 Å². The van der Waals surface area contributed by atoms with Gasteiger partial charge in [0.15, 0.2) is 0 Å². The molecule has 1 N–H and O–H groups in total. The predicted octanol–water partition coefficient (Wildman–Crippen LogP) is 2.62. The van der Waals surface area contributed by atoms with Crippen molar-refractivity contribution < 1.29 is 4.74 Å². The topological polar surface area (TPSA) is 57.9 Å². The van der Waals surface area contributed by atoms with Crippen LogP contribution in [0.15, 0.2) is 24.4 Å². The molecule has 0 aliphatic heterocycles. The first-order valence-electron chi connectivity index (χ1n) is 5.92. The number of ether oxygens (including phenoxy) is 1. The molecule has 1 heterocycles. The second kappa shape index (κ2) is 6.32. The molecule has 2 rings (SSSR count). The molecule has 1 aromatic heterocycles. The molecule has 0 fully saturated rings. The van der Waals surface area contributed by atoms with E-state index in [1.54, 1.807) is 24.5 Å². The first-order chi connectivity index (χ1) is 9.22. The maximum atomic E-state index is 8.92. The van der Waals surface area contributed by atoms with Crippen molar-refractivity contribution in [2.24, 2.45) is 0 Å². The lowest BCUT2D eigenvalue weighted by Crippen LogP contribution is -2.11. The van der Waals surface area contributed by atoms with Crippen LogP contribution >= 0.6 is 11.3 Å². The molecule has 5 heteroatoms. The Labute approximate surface area is 116 Å². The van der Waals surface area contributed by atoms with Gasteiger partial charge in [-0.1, -0.05) is 6.07 Å². The minimum Gasteiger partial charge on any atom is -0.495 e. The third kappa shape index (κ3) is 3.53. The van der Waals surface area contributed by atoms with Crippen molar-refractivity contribution >= 4 is 11.3 Å². The van der Waals surface area contributed by atoms with Gasteiger partial charge in [0.05, 0.1) is 17.7 Å². The zero-order valence-electron chi connectivity index (χ0n) is 10.9. The minimum absolute atomic E-state index is 0.560. The number of rotatable bonds is 5. The van der Waals surface area contributed by atoms with Crippen molar-refractivity contribution in [1.29, 1.82) is 5.26 Å². The number of hydrogen-bond acceptors (Lipinski definition) is 5. The van der Waals surface area contributed by atoms with Crippen LogP contribution in [0.2, 0.25) is 0 Å². The highest BCUT2D eigenvalue weighted by molar-refractivity contribution is 7.11. The molecule has 4 nitrogen and oxygen atoms in total. The molecular weight excluding hydrogens is 258 g/mol. The van der Waals surface area contributed by atoms with E-state index in [2.05, 4.69) is 16.4 Å². The van der Waals surface area contributed by atoms with Gasteiger partial charge in [0, 0.05) is 24.2 Å². The van der Waals surface area contributed by atoms with Crippen LogP contribution in [0.5, 0.6) is 5.75 Å². The fourth-order valence-electron chi connectivity index (χ4n) is 1.76. The normalized spacial score (nSPS) is 10.2. The summed E-state index contributed by atoms with van der Waals surface area (Å²) in [4.78, 5) is 5.44. The Balaban J connectivity index is 1.94.